The zero-order valence-corrected chi connectivity index (χ0v) is 14.9. The van der Waals surface area contributed by atoms with Crippen molar-refractivity contribution in [2.24, 2.45) is 5.92 Å². The second kappa shape index (κ2) is 10.7. The van der Waals surface area contributed by atoms with Crippen molar-refractivity contribution in [3.63, 3.8) is 0 Å². The first-order valence-electron chi connectivity index (χ1n) is 7.91. The van der Waals surface area contributed by atoms with E-state index in [4.69, 9.17) is 0 Å². The van der Waals surface area contributed by atoms with Gasteiger partial charge in [0.05, 0.1) is 6.04 Å². The molecule has 0 aromatic rings. The predicted octanol–water partition coefficient (Wildman–Crippen LogP) is 2.21. The molecule has 2 fully saturated rings. The molecular weight excluding hydrogens is 309 g/mol. The normalized spacial score (nSPS) is 24.0. The third-order valence-electron chi connectivity index (χ3n) is 4.18. The number of likely N-dealkylation sites (tertiary alicyclic amines) is 1. The summed E-state index contributed by atoms with van der Waals surface area (Å²) in [6.45, 7) is 8.96. The maximum atomic E-state index is 12.1. The number of hydrogen-bond acceptors (Lipinski definition) is 3. The monoisotopic (exact) mass is 339 g/mol. The Bertz CT molecular complexity index is 289. The van der Waals surface area contributed by atoms with Gasteiger partial charge in [0.15, 0.2) is 0 Å². The molecular formula is C15H31Cl2N3O. The van der Waals surface area contributed by atoms with Crippen LogP contribution in [0.1, 0.15) is 46.0 Å². The van der Waals surface area contributed by atoms with Gasteiger partial charge >= 0.3 is 0 Å². The van der Waals surface area contributed by atoms with Gasteiger partial charge in [0, 0.05) is 25.7 Å². The fraction of sp³-hybridized carbons (Fsp3) is 0.933. The molecule has 2 heterocycles. The third-order valence-corrected chi connectivity index (χ3v) is 4.18. The lowest BCUT2D eigenvalue weighted by molar-refractivity contribution is -0.124. The van der Waals surface area contributed by atoms with E-state index < -0.39 is 0 Å². The maximum absolute atomic E-state index is 12.1. The SMILES string of the molecule is CC(C)CN1CCC(NC(=O)[C@H]2CCCCN2)CC1.Cl.Cl. The van der Waals surface area contributed by atoms with Gasteiger partial charge in [-0.2, -0.15) is 0 Å². The Labute approximate surface area is 141 Å². The van der Waals surface area contributed by atoms with Crippen molar-refractivity contribution < 1.29 is 4.79 Å². The number of nitrogens with zero attached hydrogens (tertiary/aromatic N) is 1. The summed E-state index contributed by atoms with van der Waals surface area (Å²) in [6.07, 6.45) is 5.59. The van der Waals surface area contributed by atoms with E-state index in [1.54, 1.807) is 0 Å². The summed E-state index contributed by atoms with van der Waals surface area (Å²) in [5, 5.41) is 6.56. The molecule has 2 saturated heterocycles. The Morgan fingerprint density at radius 3 is 2.38 bits per heavy atom. The molecule has 4 nitrogen and oxygen atoms in total. The summed E-state index contributed by atoms with van der Waals surface area (Å²) in [7, 11) is 0. The number of hydrogen-bond donors (Lipinski definition) is 2. The summed E-state index contributed by atoms with van der Waals surface area (Å²) in [4.78, 5) is 14.7. The highest BCUT2D eigenvalue weighted by Crippen LogP contribution is 2.13. The molecule has 21 heavy (non-hydrogen) atoms. The van der Waals surface area contributed by atoms with Crippen LogP contribution in [0.15, 0.2) is 0 Å². The van der Waals surface area contributed by atoms with Crippen molar-refractivity contribution >= 4 is 30.7 Å². The Kier molecular flexibility index (Phi) is 10.6. The van der Waals surface area contributed by atoms with E-state index in [-0.39, 0.29) is 36.8 Å². The Hall–Kier alpha value is -0.0300. The second-order valence-corrected chi connectivity index (χ2v) is 6.48. The number of amides is 1. The van der Waals surface area contributed by atoms with Crippen LogP contribution in [-0.2, 0) is 4.79 Å². The van der Waals surface area contributed by atoms with Crippen LogP contribution in [0.2, 0.25) is 0 Å². The Morgan fingerprint density at radius 2 is 1.86 bits per heavy atom. The summed E-state index contributed by atoms with van der Waals surface area (Å²) >= 11 is 0. The van der Waals surface area contributed by atoms with Crippen molar-refractivity contribution in [2.45, 2.75) is 58.0 Å². The summed E-state index contributed by atoms with van der Waals surface area (Å²) < 4.78 is 0. The van der Waals surface area contributed by atoms with Crippen LogP contribution >= 0.6 is 24.8 Å². The van der Waals surface area contributed by atoms with E-state index in [0.29, 0.717) is 6.04 Å². The molecule has 126 valence electrons. The van der Waals surface area contributed by atoms with Gasteiger partial charge in [-0.05, 0) is 38.1 Å². The average Bonchev–Trinajstić information content (AvgIpc) is 2.41. The van der Waals surface area contributed by atoms with Gasteiger partial charge in [-0.3, -0.25) is 4.79 Å². The fourth-order valence-corrected chi connectivity index (χ4v) is 3.15. The minimum atomic E-state index is 0. The quantitative estimate of drug-likeness (QED) is 0.825. The smallest absolute Gasteiger partial charge is 0.237 e. The first-order chi connectivity index (χ1) is 9.15. The van der Waals surface area contributed by atoms with Gasteiger partial charge in [0.1, 0.15) is 0 Å². The third kappa shape index (κ3) is 7.18. The van der Waals surface area contributed by atoms with Crippen molar-refractivity contribution in [1.29, 1.82) is 0 Å². The molecule has 2 aliphatic rings. The van der Waals surface area contributed by atoms with Crippen molar-refractivity contribution in [2.75, 3.05) is 26.2 Å². The fourth-order valence-electron chi connectivity index (χ4n) is 3.15. The molecule has 0 bridgehead atoms. The van der Waals surface area contributed by atoms with Gasteiger partial charge in [0.2, 0.25) is 5.91 Å². The first kappa shape index (κ1) is 21.0. The molecule has 0 aliphatic carbocycles. The van der Waals surface area contributed by atoms with Gasteiger partial charge in [-0.15, -0.1) is 24.8 Å². The van der Waals surface area contributed by atoms with Crippen LogP contribution < -0.4 is 10.6 Å². The Morgan fingerprint density at radius 1 is 1.19 bits per heavy atom. The number of piperidine rings is 2. The molecule has 6 heteroatoms. The topological polar surface area (TPSA) is 44.4 Å². The van der Waals surface area contributed by atoms with Crippen LogP contribution in [-0.4, -0.2) is 49.1 Å². The molecule has 1 amide bonds. The highest BCUT2D eigenvalue weighted by atomic mass is 35.5. The van der Waals surface area contributed by atoms with Gasteiger partial charge in [0.25, 0.3) is 0 Å². The zero-order valence-electron chi connectivity index (χ0n) is 13.3. The molecule has 0 unspecified atom stereocenters. The minimum Gasteiger partial charge on any atom is -0.352 e. The van der Waals surface area contributed by atoms with Crippen molar-refractivity contribution in [3.8, 4) is 0 Å². The van der Waals surface area contributed by atoms with Crippen molar-refractivity contribution in [3.05, 3.63) is 0 Å². The van der Waals surface area contributed by atoms with Crippen LogP contribution in [0.3, 0.4) is 0 Å². The zero-order chi connectivity index (χ0) is 13.7. The lowest BCUT2D eigenvalue weighted by atomic mass is 10.0. The van der Waals surface area contributed by atoms with Gasteiger partial charge < -0.3 is 15.5 Å². The Balaban J connectivity index is 0.00000200. The molecule has 2 rings (SSSR count). The molecule has 1 atom stereocenters. The molecule has 0 spiro atoms. The summed E-state index contributed by atoms with van der Waals surface area (Å²) in [5.74, 6) is 0.958. The lowest BCUT2D eigenvalue weighted by Gasteiger charge is -2.34. The van der Waals surface area contributed by atoms with Crippen molar-refractivity contribution in [1.82, 2.24) is 15.5 Å². The predicted molar refractivity (Wildman–Crippen MR) is 92.6 cm³/mol. The molecule has 0 saturated carbocycles. The second-order valence-electron chi connectivity index (χ2n) is 6.48. The number of nitrogens with one attached hydrogen (secondary N) is 2. The largest absolute Gasteiger partial charge is 0.352 e. The highest BCUT2D eigenvalue weighted by Gasteiger charge is 2.25. The van der Waals surface area contributed by atoms with Crippen LogP contribution in [0.4, 0.5) is 0 Å². The maximum Gasteiger partial charge on any atom is 0.237 e. The molecule has 2 aliphatic heterocycles. The van der Waals surface area contributed by atoms with E-state index in [0.717, 1.165) is 44.8 Å². The highest BCUT2D eigenvalue weighted by molar-refractivity contribution is 5.85. The van der Waals surface area contributed by atoms with Crippen LogP contribution in [0.25, 0.3) is 0 Å². The van der Waals surface area contributed by atoms with E-state index in [2.05, 4.69) is 29.4 Å². The van der Waals surface area contributed by atoms with E-state index in [1.807, 2.05) is 0 Å². The number of carbonyl (C=O) groups excluding carboxylic acids is 1. The summed E-state index contributed by atoms with van der Waals surface area (Å²) in [5.41, 5.74) is 0. The molecule has 0 aromatic heterocycles. The van der Waals surface area contributed by atoms with Gasteiger partial charge in [-0.1, -0.05) is 20.3 Å². The molecule has 2 N–H and O–H groups in total. The minimum absolute atomic E-state index is 0. The van der Waals surface area contributed by atoms with E-state index >= 15 is 0 Å². The average molecular weight is 340 g/mol. The van der Waals surface area contributed by atoms with Crippen LogP contribution in [0.5, 0.6) is 0 Å². The molecule has 0 aromatic carbocycles. The number of carbonyl (C=O) groups is 1. The lowest BCUT2D eigenvalue weighted by Crippen LogP contribution is -2.52. The first-order valence-corrected chi connectivity index (χ1v) is 7.91. The standard InChI is InChI=1S/C15H29N3O.2ClH/c1-12(2)11-18-9-6-13(7-10-18)17-15(19)14-5-3-4-8-16-14;;/h12-14,16H,3-11H2,1-2H3,(H,17,19);2*1H/t14-;;/m1../s1. The number of halogens is 2. The van der Waals surface area contributed by atoms with Crippen LogP contribution in [0, 0.1) is 5.92 Å². The molecule has 0 radical (unpaired) electrons. The number of rotatable bonds is 4. The van der Waals surface area contributed by atoms with E-state index in [1.165, 1.54) is 19.4 Å². The summed E-state index contributed by atoms with van der Waals surface area (Å²) in [6, 6.07) is 0.446. The van der Waals surface area contributed by atoms with Gasteiger partial charge in [-0.25, -0.2) is 0 Å². The van der Waals surface area contributed by atoms with E-state index in [9.17, 15) is 4.79 Å².